The molecule has 0 radical (unpaired) electrons. The summed E-state index contributed by atoms with van der Waals surface area (Å²) in [5.41, 5.74) is 0.789. The highest BCUT2D eigenvalue weighted by Gasteiger charge is 2.26. The van der Waals surface area contributed by atoms with Crippen LogP contribution in [0.15, 0.2) is 18.2 Å². The van der Waals surface area contributed by atoms with E-state index in [-0.39, 0.29) is 17.5 Å². The van der Waals surface area contributed by atoms with Crippen LogP contribution in [-0.2, 0) is 4.79 Å². The second-order valence-electron chi connectivity index (χ2n) is 7.20. The van der Waals surface area contributed by atoms with Gasteiger partial charge in [-0.3, -0.25) is 19.7 Å². The molecule has 2 amide bonds. The number of nitrogens with one attached hydrogen (secondary N) is 1. The summed E-state index contributed by atoms with van der Waals surface area (Å²) in [7, 11) is 0. The van der Waals surface area contributed by atoms with E-state index in [1.165, 1.54) is 13.0 Å². The van der Waals surface area contributed by atoms with Gasteiger partial charge in [-0.05, 0) is 31.5 Å². The Balaban J connectivity index is 1.82. The molecule has 9 nitrogen and oxygen atoms in total. The Morgan fingerprint density at radius 3 is 2.54 bits per heavy atom. The van der Waals surface area contributed by atoms with Gasteiger partial charge in [-0.25, -0.2) is 0 Å². The van der Waals surface area contributed by atoms with Gasteiger partial charge in [-0.15, -0.1) is 0 Å². The van der Waals surface area contributed by atoms with Crippen molar-refractivity contribution >= 4 is 23.2 Å². The Labute approximate surface area is 164 Å². The first-order valence-corrected chi connectivity index (χ1v) is 9.76. The average molecular weight is 389 g/mol. The maximum absolute atomic E-state index is 12.8. The van der Waals surface area contributed by atoms with Crippen LogP contribution in [-0.4, -0.2) is 78.9 Å². The lowest BCUT2D eigenvalue weighted by atomic mass is 10.1. The topological polar surface area (TPSA) is 99.0 Å². The van der Waals surface area contributed by atoms with Gasteiger partial charge < -0.3 is 20.0 Å². The maximum Gasteiger partial charge on any atom is 0.293 e. The maximum atomic E-state index is 12.8. The highest BCUT2D eigenvalue weighted by Crippen LogP contribution is 2.30. The Morgan fingerprint density at radius 2 is 1.79 bits per heavy atom. The number of hydrogen-bond donors (Lipinski definition) is 1. The van der Waals surface area contributed by atoms with Crippen LogP contribution in [0.5, 0.6) is 0 Å². The molecule has 2 fully saturated rings. The van der Waals surface area contributed by atoms with Crippen molar-refractivity contribution in [2.45, 2.75) is 19.8 Å². The van der Waals surface area contributed by atoms with E-state index in [2.05, 4.69) is 5.32 Å². The number of hydrogen-bond acceptors (Lipinski definition) is 6. The molecule has 152 valence electrons. The number of carbonyl (C=O) groups excluding carboxylic acids is 2. The minimum atomic E-state index is -0.427. The third kappa shape index (κ3) is 4.59. The molecule has 1 N–H and O–H groups in total. The molecule has 2 saturated heterocycles. The highest BCUT2D eigenvalue weighted by atomic mass is 16.6. The fourth-order valence-electron chi connectivity index (χ4n) is 3.77. The number of amides is 2. The van der Waals surface area contributed by atoms with Gasteiger partial charge in [-0.2, -0.15) is 0 Å². The molecular weight excluding hydrogens is 362 g/mol. The summed E-state index contributed by atoms with van der Waals surface area (Å²) in [5.74, 6) is -0.152. The molecular formula is C19H27N5O4. The van der Waals surface area contributed by atoms with Crippen LogP contribution in [0.25, 0.3) is 0 Å². The number of benzene rings is 1. The molecule has 1 aromatic rings. The lowest BCUT2D eigenvalue weighted by molar-refractivity contribution is -0.384. The zero-order valence-corrected chi connectivity index (χ0v) is 16.2. The smallest absolute Gasteiger partial charge is 0.293 e. The van der Waals surface area contributed by atoms with E-state index in [0.29, 0.717) is 50.5 Å². The van der Waals surface area contributed by atoms with E-state index in [1.807, 2.05) is 4.90 Å². The SMILES string of the molecule is CC(=O)N1CCCN(c2ccc(C(=O)N3CCCNCC3)cc2[N+](=O)[O-])CC1. The molecule has 2 heterocycles. The predicted molar refractivity (Wildman–Crippen MR) is 106 cm³/mol. The van der Waals surface area contributed by atoms with Crippen LogP contribution in [0.1, 0.15) is 30.1 Å². The number of rotatable bonds is 3. The van der Waals surface area contributed by atoms with Crippen LogP contribution in [0.4, 0.5) is 11.4 Å². The lowest BCUT2D eigenvalue weighted by Crippen LogP contribution is -2.34. The lowest BCUT2D eigenvalue weighted by Gasteiger charge is -2.24. The summed E-state index contributed by atoms with van der Waals surface area (Å²) in [6.45, 7) is 6.74. The third-order valence-electron chi connectivity index (χ3n) is 5.33. The van der Waals surface area contributed by atoms with Crippen LogP contribution in [0.2, 0.25) is 0 Å². The number of nitro groups is 1. The van der Waals surface area contributed by atoms with Crippen molar-refractivity contribution in [2.75, 3.05) is 57.3 Å². The van der Waals surface area contributed by atoms with Crippen molar-refractivity contribution in [1.82, 2.24) is 15.1 Å². The number of carbonyl (C=O) groups is 2. The quantitative estimate of drug-likeness (QED) is 0.614. The molecule has 2 aliphatic heterocycles. The van der Waals surface area contributed by atoms with Gasteiger partial charge in [0.25, 0.3) is 11.6 Å². The Bertz CT molecular complexity index is 746. The van der Waals surface area contributed by atoms with Gasteiger partial charge in [0.2, 0.25) is 5.91 Å². The highest BCUT2D eigenvalue weighted by molar-refractivity contribution is 5.96. The van der Waals surface area contributed by atoms with Crippen molar-refractivity contribution in [2.24, 2.45) is 0 Å². The minimum absolute atomic E-state index is 0.0178. The van der Waals surface area contributed by atoms with E-state index in [4.69, 9.17) is 0 Å². The Kier molecular flexibility index (Phi) is 6.45. The first-order chi connectivity index (χ1) is 13.5. The van der Waals surface area contributed by atoms with Gasteiger partial charge in [-0.1, -0.05) is 0 Å². The van der Waals surface area contributed by atoms with Gasteiger partial charge in [0, 0.05) is 64.4 Å². The van der Waals surface area contributed by atoms with Gasteiger partial charge >= 0.3 is 0 Å². The fraction of sp³-hybridized carbons (Fsp3) is 0.579. The standard InChI is InChI=1S/C19H27N5O4/c1-15(25)21-9-3-10-22(13-12-21)17-5-4-16(14-18(17)24(27)28)19(26)23-8-2-6-20-7-11-23/h4-5,14,20H,2-3,6-13H2,1H3. The minimum Gasteiger partial charge on any atom is -0.364 e. The van der Waals surface area contributed by atoms with Crippen LogP contribution in [0, 0.1) is 10.1 Å². The second kappa shape index (κ2) is 9.01. The summed E-state index contributed by atoms with van der Waals surface area (Å²) in [5, 5.41) is 15.0. The van der Waals surface area contributed by atoms with Crippen LogP contribution < -0.4 is 10.2 Å². The largest absolute Gasteiger partial charge is 0.364 e. The first kappa shape index (κ1) is 20.1. The molecule has 2 aliphatic rings. The third-order valence-corrected chi connectivity index (χ3v) is 5.33. The summed E-state index contributed by atoms with van der Waals surface area (Å²) >= 11 is 0. The zero-order chi connectivity index (χ0) is 20.1. The van der Waals surface area contributed by atoms with Gasteiger partial charge in [0.05, 0.1) is 4.92 Å². The molecule has 3 rings (SSSR count). The average Bonchev–Trinajstić information content (AvgIpc) is 3.10. The molecule has 28 heavy (non-hydrogen) atoms. The second-order valence-corrected chi connectivity index (χ2v) is 7.20. The molecule has 0 bridgehead atoms. The summed E-state index contributed by atoms with van der Waals surface area (Å²) in [6.07, 6.45) is 1.62. The van der Waals surface area contributed by atoms with Crippen molar-refractivity contribution < 1.29 is 14.5 Å². The first-order valence-electron chi connectivity index (χ1n) is 9.76. The van der Waals surface area contributed by atoms with Crippen molar-refractivity contribution in [3.8, 4) is 0 Å². The fourth-order valence-corrected chi connectivity index (χ4v) is 3.77. The predicted octanol–water partition coefficient (Wildman–Crippen LogP) is 1.09. The van der Waals surface area contributed by atoms with E-state index in [0.717, 1.165) is 25.9 Å². The summed E-state index contributed by atoms with van der Waals surface area (Å²) in [4.78, 5) is 41.1. The summed E-state index contributed by atoms with van der Waals surface area (Å²) in [6, 6.07) is 4.74. The molecule has 1 aromatic carbocycles. The van der Waals surface area contributed by atoms with E-state index in [1.54, 1.807) is 21.9 Å². The van der Waals surface area contributed by atoms with Gasteiger partial charge in [0.1, 0.15) is 5.69 Å². The van der Waals surface area contributed by atoms with Crippen LogP contribution in [0.3, 0.4) is 0 Å². The van der Waals surface area contributed by atoms with E-state index >= 15 is 0 Å². The number of anilines is 1. The van der Waals surface area contributed by atoms with Crippen molar-refractivity contribution in [3.63, 3.8) is 0 Å². The molecule has 9 heteroatoms. The number of nitrogens with zero attached hydrogens (tertiary/aromatic N) is 4. The van der Waals surface area contributed by atoms with Crippen molar-refractivity contribution in [3.05, 3.63) is 33.9 Å². The Morgan fingerprint density at radius 1 is 1.00 bits per heavy atom. The molecule has 0 spiro atoms. The zero-order valence-electron chi connectivity index (χ0n) is 16.2. The van der Waals surface area contributed by atoms with E-state index in [9.17, 15) is 19.7 Å². The molecule has 0 aromatic heterocycles. The Hall–Kier alpha value is -2.68. The molecule has 0 saturated carbocycles. The normalized spacial score (nSPS) is 18.4. The molecule has 0 aliphatic carbocycles. The summed E-state index contributed by atoms with van der Waals surface area (Å²) < 4.78 is 0. The monoisotopic (exact) mass is 389 g/mol. The van der Waals surface area contributed by atoms with Crippen LogP contribution >= 0.6 is 0 Å². The molecule has 0 atom stereocenters. The van der Waals surface area contributed by atoms with Crippen molar-refractivity contribution in [1.29, 1.82) is 0 Å². The number of nitro benzene ring substituents is 1. The van der Waals surface area contributed by atoms with E-state index < -0.39 is 4.92 Å². The van der Waals surface area contributed by atoms with Gasteiger partial charge in [0.15, 0.2) is 0 Å². The molecule has 0 unspecified atom stereocenters.